The first-order valence-electron chi connectivity index (χ1n) is 8.26. The van der Waals surface area contributed by atoms with Crippen LogP contribution in [0.1, 0.15) is 41.4 Å². The molecule has 0 saturated heterocycles. The van der Waals surface area contributed by atoms with Gasteiger partial charge in [-0.1, -0.05) is 6.42 Å². The highest BCUT2D eigenvalue weighted by atomic mass is 16.2. The van der Waals surface area contributed by atoms with Gasteiger partial charge in [-0.15, -0.1) is 0 Å². The van der Waals surface area contributed by atoms with Crippen molar-refractivity contribution in [3.63, 3.8) is 0 Å². The van der Waals surface area contributed by atoms with Crippen molar-refractivity contribution in [3.05, 3.63) is 42.0 Å². The topological polar surface area (TPSA) is 62.7 Å². The molecule has 1 aliphatic carbocycles. The minimum absolute atomic E-state index is 0.00716. The van der Waals surface area contributed by atoms with Crippen LogP contribution < -0.4 is 5.32 Å². The zero-order valence-corrected chi connectivity index (χ0v) is 12.8. The van der Waals surface area contributed by atoms with E-state index in [-0.39, 0.29) is 5.91 Å². The monoisotopic (exact) mass is 306 g/mol. The second kappa shape index (κ2) is 4.72. The third kappa shape index (κ3) is 1.92. The number of nitrogens with zero attached hydrogens (tertiary/aromatic N) is 2. The summed E-state index contributed by atoms with van der Waals surface area (Å²) in [7, 11) is 0. The second-order valence-corrected chi connectivity index (χ2v) is 6.53. The fourth-order valence-electron chi connectivity index (χ4n) is 3.60. The molecule has 4 heterocycles. The molecule has 0 bridgehead atoms. The predicted octanol–water partition coefficient (Wildman–Crippen LogP) is 3.04. The molecule has 0 atom stereocenters. The van der Waals surface area contributed by atoms with Crippen LogP contribution in [0.3, 0.4) is 0 Å². The zero-order chi connectivity index (χ0) is 15.4. The van der Waals surface area contributed by atoms with Crippen LogP contribution in [0.15, 0.2) is 30.6 Å². The molecule has 0 radical (unpaired) electrons. The average Bonchev–Trinajstić information content (AvgIpc) is 3.09. The Kier molecular flexibility index (Phi) is 2.65. The highest BCUT2D eigenvalue weighted by Crippen LogP contribution is 2.37. The summed E-state index contributed by atoms with van der Waals surface area (Å²) in [5.41, 5.74) is 5.06. The second-order valence-electron chi connectivity index (χ2n) is 6.53. The lowest BCUT2D eigenvalue weighted by Gasteiger charge is -2.24. The molecule has 1 aliphatic heterocycles. The number of H-pyrrole nitrogens is 1. The van der Waals surface area contributed by atoms with Crippen LogP contribution in [0.2, 0.25) is 0 Å². The highest BCUT2D eigenvalue weighted by molar-refractivity contribution is 5.98. The fourth-order valence-corrected chi connectivity index (χ4v) is 3.60. The van der Waals surface area contributed by atoms with Gasteiger partial charge in [0.15, 0.2) is 0 Å². The van der Waals surface area contributed by atoms with E-state index in [4.69, 9.17) is 4.98 Å². The summed E-state index contributed by atoms with van der Waals surface area (Å²) < 4.78 is 2.03. The summed E-state index contributed by atoms with van der Waals surface area (Å²) >= 11 is 0. The standard InChI is InChI=1S/C18H18N4O/c23-18-16-8-12(10-22(16)7-6-19-18)14-9-20-17-13(14)4-5-15(21-17)11-2-1-3-11/h4-5,8-11H,1-3,6-7H2,(H,19,23)(H,20,21). The number of fused-ring (bicyclic) bond motifs is 2. The average molecular weight is 306 g/mol. The minimum atomic E-state index is 0.00716. The largest absolute Gasteiger partial charge is 0.349 e. The molecule has 3 aromatic rings. The molecule has 5 heteroatoms. The Labute approximate surface area is 133 Å². The minimum Gasteiger partial charge on any atom is -0.349 e. The summed E-state index contributed by atoms with van der Waals surface area (Å²) in [6.45, 7) is 1.52. The molecule has 116 valence electrons. The number of amides is 1. The van der Waals surface area contributed by atoms with E-state index in [0.717, 1.165) is 34.4 Å². The number of hydrogen-bond donors (Lipinski definition) is 2. The summed E-state index contributed by atoms with van der Waals surface area (Å²) in [5.74, 6) is 0.643. The summed E-state index contributed by atoms with van der Waals surface area (Å²) in [5, 5.41) is 4.01. The first-order valence-corrected chi connectivity index (χ1v) is 8.26. The van der Waals surface area contributed by atoms with Crippen molar-refractivity contribution in [2.24, 2.45) is 0 Å². The van der Waals surface area contributed by atoms with Gasteiger partial charge in [-0.2, -0.15) is 0 Å². The SMILES string of the molecule is O=C1NCCn2cc(-c3c[nH]c4nc(C5CCC5)ccc34)cc21. The smallest absolute Gasteiger partial charge is 0.267 e. The molecule has 0 aromatic carbocycles. The number of hydrogen-bond acceptors (Lipinski definition) is 2. The molecule has 5 rings (SSSR count). The summed E-state index contributed by atoms with van der Waals surface area (Å²) in [6.07, 6.45) is 7.90. The zero-order valence-electron chi connectivity index (χ0n) is 12.8. The van der Waals surface area contributed by atoms with Crippen LogP contribution in [0.5, 0.6) is 0 Å². The van der Waals surface area contributed by atoms with E-state index in [1.807, 2.05) is 16.8 Å². The first kappa shape index (κ1) is 12.9. The van der Waals surface area contributed by atoms with Gasteiger partial charge in [0.05, 0.1) is 0 Å². The fraction of sp³-hybridized carbons (Fsp3) is 0.333. The molecule has 1 saturated carbocycles. The Morgan fingerprint density at radius 2 is 2.17 bits per heavy atom. The number of carbonyl (C=O) groups is 1. The lowest BCUT2D eigenvalue weighted by molar-refractivity contribution is 0.0928. The van der Waals surface area contributed by atoms with E-state index in [2.05, 4.69) is 28.6 Å². The number of nitrogens with one attached hydrogen (secondary N) is 2. The lowest BCUT2D eigenvalue weighted by atomic mass is 9.82. The van der Waals surface area contributed by atoms with Crippen molar-refractivity contribution < 1.29 is 4.79 Å². The molecule has 3 aromatic heterocycles. The van der Waals surface area contributed by atoms with Crippen LogP contribution in [-0.2, 0) is 6.54 Å². The van der Waals surface area contributed by atoms with E-state index < -0.39 is 0 Å². The maximum Gasteiger partial charge on any atom is 0.267 e. The van der Waals surface area contributed by atoms with Crippen molar-refractivity contribution >= 4 is 16.9 Å². The Hall–Kier alpha value is -2.56. The number of aromatic amines is 1. The van der Waals surface area contributed by atoms with Crippen LogP contribution in [-0.4, -0.2) is 27.0 Å². The van der Waals surface area contributed by atoms with Gasteiger partial charge in [0.2, 0.25) is 0 Å². The van der Waals surface area contributed by atoms with E-state index in [1.54, 1.807) is 0 Å². The molecular weight excluding hydrogens is 288 g/mol. The molecule has 1 fully saturated rings. The van der Waals surface area contributed by atoms with E-state index in [9.17, 15) is 4.79 Å². The third-order valence-corrected chi connectivity index (χ3v) is 5.16. The van der Waals surface area contributed by atoms with Gasteiger partial charge in [0.25, 0.3) is 5.91 Å². The molecule has 2 aliphatic rings. The van der Waals surface area contributed by atoms with Crippen molar-refractivity contribution in [1.29, 1.82) is 0 Å². The Morgan fingerprint density at radius 3 is 2.96 bits per heavy atom. The van der Waals surface area contributed by atoms with Gasteiger partial charge < -0.3 is 14.9 Å². The van der Waals surface area contributed by atoms with Gasteiger partial charge in [-0.3, -0.25) is 4.79 Å². The predicted molar refractivity (Wildman–Crippen MR) is 88.4 cm³/mol. The number of pyridine rings is 1. The van der Waals surface area contributed by atoms with Gasteiger partial charge in [-0.05, 0) is 31.0 Å². The highest BCUT2D eigenvalue weighted by Gasteiger charge is 2.22. The van der Waals surface area contributed by atoms with Crippen LogP contribution in [0.25, 0.3) is 22.2 Å². The summed E-state index contributed by atoms with van der Waals surface area (Å²) in [4.78, 5) is 20.0. The van der Waals surface area contributed by atoms with Crippen LogP contribution in [0.4, 0.5) is 0 Å². The Bertz CT molecular complexity index is 916. The lowest BCUT2D eigenvalue weighted by Crippen LogP contribution is -2.34. The van der Waals surface area contributed by atoms with Gasteiger partial charge in [0.1, 0.15) is 11.3 Å². The molecular formula is C18H18N4O. The third-order valence-electron chi connectivity index (χ3n) is 5.16. The normalized spacial score (nSPS) is 17.8. The molecule has 2 N–H and O–H groups in total. The van der Waals surface area contributed by atoms with E-state index in [1.165, 1.54) is 25.0 Å². The molecule has 1 amide bonds. The Balaban J connectivity index is 1.59. The maximum atomic E-state index is 11.9. The van der Waals surface area contributed by atoms with Gasteiger partial charge >= 0.3 is 0 Å². The van der Waals surface area contributed by atoms with Crippen molar-refractivity contribution in [1.82, 2.24) is 19.9 Å². The molecule has 0 spiro atoms. The number of carbonyl (C=O) groups excluding carboxylic acids is 1. The van der Waals surface area contributed by atoms with Gasteiger partial charge in [-0.25, -0.2) is 4.98 Å². The summed E-state index contributed by atoms with van der Waals surface area (Å²) in [6, 6.07) is 6.29. The van der Waals surface area contributed by atoms with Crippen molar-refractivity contribution in [2.45, 2.75) is 31.7 Å². The number of aromatic nitrogens is 3. The molecule has 0 unspecified atom stereocenters. The molecule has 23 heavy (non-hydrogen) atoms. The maximum absolute atomic E-state index is 11.9. The molecule has 5 nitrogen and oxygen atoms in total. The first-order chi connectivity index (χ1) is 11.3. The number of rotatable bonds is 2. The van der Waals surface area contributed by atoms with Crippen molar-refractivity contribution in [3.8, 4) is 11.1 Å². The van der Waals surface area contributed by atoms with E-state index in [0.29, 0.717) is 12.5 Å². The van der Waals surface area contributed by atoms with Crippen LogP contribution in [0, 0.1) is 0 Å². The Morgan fingerprint density at radius 1 is 1.26 bits per heavy atom. The van der Waals surface area contributed by atoms with Crippen molar-refractivity contribution in [2.75, 3.05) is 6.54 Å². The van der Waals surface area contributed by atoms with E-state index >= 15 is 0 Å². The quantitative estimate of drug-likeness (QED) is 0.764. The van der Waals surface area contributed by atoms with Crippen LogP contribution >= 0.6 is 0 Å². The van der Waals surface area contributed by atoms with Gasteiger partial charge in [0, 0.05) is 53.6 Å².